The Morgan fingerprint density at radius 3 is 3.12 bits per heavy atom. The Hall–Kier alpha value is -2.28. The number of hydrogen-bond acceptors (Lipinski definition) is 2. The van der Waals surface area contributed by atoms with Crippen LogP contribution in [0.5, 0.6) is 0 Å². The number of amides is 1. The van der Waals surface area contributed by atoms with E-state index in [2.05, 4.69) is 16.9 Å². The Kier molecular flexibility index (Phi) is 2.61. The molecule has 2 rings (SSSR count). The second-order valence-electron chi connectivity index (χ2n) is 3.49. The normalized spacial score (nSPS) is 9.81. The lowest BCUT2D eigenvalue weighted by atomic mass is 10.1. The standard InChI is InChI=1S/C12H11N3O/c1-15-11-7-9(3-2-4-12(13)16)5-6-10(11)8-14-15/h5-8H,4H2,1H3,(H2,13,16). The van der Waals surface area contributed by atoms with Gasteiger partial charge in [0.1, 0.15) is 0 Å². The maximum absolute atomic E-state index is 10.5. The molecule has 0 atom stereocenters. The van der Waals surface area contributed by atoms with Gasteiger partial charge in [0.25, 0.3) is 0 Å². The van der Waals surface area contributed by atoms with Gasteiger partial charge in [0.15, 0.2) is 0 Å². The molecular formula is C12H11N3O. The van der Waals surface area contributed by atoms with Gasteiger partial charge >= 0.3 is 0 Å². The molecule has 0 bridgehead atoms. The van der Waals surface area contributed by atoms with Crippen molar-refractivity contribution in [3.8, 4) is 11.8 Å². The molecule has 1 amide bonds. The first kappa shape index (κ1) is 10.2. The smallest absolute Gasteiger partial charge is 0.229 e. The van der Waals surface area contributed by atoms with Crippen molar-refractivity contribution in [2.24, 2.45) is 12.8 Å². The zero-order chi connectivity index (χ0) is 11.5. The van der Waals surface area contributed by atoms with Gasteiger partial charge in [0.05, 0.1) is 18.1 Å². The Morgan fingerprint density at radius 2 is 2.38 bits per heavy atom. The summed E-state index contributed by atoms with van der Waals surface area (Å²) >= 11 is 0. The monoisotopic (exact) mass is 213 g/mol. The van der Waals surface area contributed by atoms with Gasteiger partial charge in [-0.25, -0.2) is 0 Å². The van der Waals surface area contributed by atoms with Crippen molar-refractivity contribution in [3.05, 3.63) is 30.0 Å². The first-order valence-electron chi connectivity index (χ1n) is 4.86. The van der Waals surface area contributed by atoms with Crippen LogP contribution in [0.4, 0.5) is 0 Å². The van der Waals surface area contributed by atoms with Gasteiger partial charge in [-0.2, -0.15) is 5.10 Å². The van der Waals surface area contributed by atoms with E-state index in [1.54, 1.807) is 10.9 Å². The molecular weight excluding hydrogens is 202 g/mol. The summed E-state index contributed by atoms with van der Waals surface area (Å²) in [6.07, 6.45) is 1.89. The zero-order valence-electron chi connectivity index (χ0n) is 8.90. The van der Waals surface area contributed by atoms with Gasteiger partial charge in [-0.3, -0.25) is 9.48 Å². The molecule has 0 aliphatic heterocycles. The van der Waals surface area contributed by atoms with Gasteiger partial charge in [-0.05, 0) is 18.2 Å². The number of aromatic nitrogens is 2. The Labute approximate surface area is 93.0 Å². The maximum Gasteiger partial charge on any atom is 0.229 e. The van der Waals surface area contributed by atoms with Gasteiger partial charge in [-0.15, -0.1) is 0 Å². The maximum atomic E-state index is 10.5. The fourth-order valence-electron chi connectivity index (χ4n) is 1.46. The Bertz CT molecular complexity index is 601. The van der Waals surface area contributed by atoms with Crippen molar-refractivity contribution in [3.63, 3.8) is 0 Å². The third-order valence-electron chi connectivity index (χ3n) is 2.24. The zero-order valence-corrected chi connectivity index (χ0v) is 8.90. The molecule has 1 heterocycles. The number of nitrogens with zero attached hydrogens (tertiary/aromatic N) is 2. The van der Waals surface area contributed by atoms with E-state index in [0.29, 0.717) is 0 Å². The van der Waals surface area contributed by atoms with Gasteiger partial charge in [0, 0.05) is 18.0 Å². The third kappa shape index (κ3) is 2.04. The molecule has 1 aromatic heterocycles. The fraction of sp³-hybridized carbons (Fsp3) is 0.167. The molecule has 0 saturated carbocycles. The molecule has 16 heavy (non-hydrogen) atoms. The van der Waals surface area contributed by atoms with Crippen molar-refractivity contribution in [2.75, 3.05) is 0 Å². The largest absolute Gasteiger partial charge is 0.369 e. The fourth-order valence-corrected chi connectivity index (χ4v) is 1.46. The van der Waals surface area contributed by atoms with E-state index in [0.717, 1.165) is 16.5 Å². The van der Waals surface area contributed by atoms with Crippen LogP contribution in [0.1, 0.15) is 12.0 Å². The molecule has 1 aromatic carbocycles. The molecule has 0 radical (unpaired) electrons. The molecule has 0 saturated heterocycles. The highest BCUT2D eigenvalue weighted by molar-refractivity contribution is 5.80. The highest BCUT2D eigenvalue weighted by atomic mass is 16.1. The van der Waals surface area contributed by atoms with Crippen LogP contribution in [0.3, 0.4) is 0 Å². The number of rotatable bonds is 1. The van der Waals surface area contributed by atoms with E-state index in [1.165, 1.54) is 0 Å². The van der Waals surface area contributed by atoms with Crippen LogP contribution in [0.15, 0.2) is 24.4 Å². The first-order chi connectivity index (χ1) is 7.66. The minimum atomic E-state index is -0.408. The van der Waals surface area contributed by atoms with Gasteiger partial charge in [-0.1, -0.05) is 11.8 Å². The highest BCUT2D eigenvalue weighted by Crippen LogP contribution is 2.13. The predicted molar refractivity (Wildman–Crippen MR) is 61.4 cm³/mol. The lowest BCUT2D eigenvalue weighted by molar-refractivity contribution is -0.117. The minimum Gasteiger partial charge on any atom is -0.369 e. The van der Waals surface area contributed by atoms with E-state index in [9.17, 15) is 4.79 Å². The van der Waals surface area contributed by atoms with Crippen LogP contribution in [-0.2, 0) is 11.8 Å². The summed E-state index contributed by atoms with van der Waals surface area (Å²) in [6, 6.07) is 5.80. The summed E-state index contributed by atoms with van der Waals surface area (Å²) in [5.41, 5.74) is 6.88. The van der Waals surface area contributed by atoms with Crippen LogP contribution >= 0.6 is 0 Å². The van der Waals surface area contributed by atoms with Gasteiger partial charge < -0.3 is 5.73 Å². The lowest BCUT2D eigenvalue weighted by Gasteiger charge is -1.94. The number of benzene rings is 1. The van der Waals surface area contributed by atoms with E-state index in [1.807, 2.05) is 25.2 Å². The summed E-state index contributed by atoms with van der Waals surface area (Å²) in [5.74, 6) is 5.21. The van der Waals surface area contributed by atoms with Crippen molar-refractivity contribution < 1.29 is 4.79 Å². The second-order valence-corrected chi connectivity index (χ2v) is 3.49. The van der Waals surface area contributed by atoms with E-state index < -0.39 is 5.91 Å². The SMILES string of the molecule is Cn1ncc2ccc(C#CCC(N)=O)cc21. The summed E-state index contributed by atoms with van der Waals surface area (Å²) in [6.45, 7) is 0. The molecule has 0 fully saturated rings. The molecule has 4 heteroatoms. The van der Waals surface area contributed by atoms with E-state index >= 15 is 0 Å². The average molecular weight is 213 g/mol. The van der Waals surface area contributed by atoms with Crippen molar-refractivity contribution >= 4 is 16.8 Å². The summed E-state index contributed by atoms with van der Waals surface area (Å²) in [4.78, 5) is 10.5. The molecule has 4 nitrogen and oxygen atoms in total. The summed E-state index contributed by atoms with van der Waals surface area (Å²) < 4.78 is 1.79. The molecule has 0 unspecified atom stereocenters. The average Bonchev–Trinajstić information content (AvgIpc) is 2.60. The quantitative estimate of drug-likeness (QED) is 0.712. The summed E-state index contributed by atoms with van der Waals surface area (Å²) in [5, 5.41) is 5.21. The number of fused-ring (bicyclic) bond motifs is 1. The number of hydrogen-bond donors (Lipinski definition) is 1. The number of aryl methyl sites for hydroxylation is 1. The lowest BCUT2D eigenvalue weighted by Crippen LogP contribution is -2.08. The Balaban J connectivity index is 2.34. The topological polar surface area (TPSA) is 60.9 Å². The van der Waals surface area contributed by atoms with Crippen LogP contribution in [0.25, 0.3) is 10.9 Å². The van der Waals surface area contributed by atoms with Crippen molar-refractivity contribution in [2.45, 2.75) is 6.42 Å². The van der Waals surface area contributed by atoms with E-state index in [-0.39, 0.29) is 6.42 Å². The highest BCUT2D eigenvalue weighted by Gasteiger charge is 1.98. The van der Waals surface area contributed by atoms with Crippen LogP contribution in [0.2, 0.25) is 0 Å². The predicted octanol–water partition coefficient (Wildman–Crippen LogP) is 0.800. The molecule has 0 aliphatic carbocycles. The minimum absolute atomic E-state index is 0.0867. The van der Waals surface area contributed by atoms with Crippen molar-refractivity contribution in [1.82, 2.24) is 9.78 Å². The summed E-state index contributed by atoms with van der Waals surface area (Å²) in [7, 11) is 1.88. The van der Waals surface area contributed by atoms with Crippen LogP contribution in [0, 0.1) is 11.8 Å². The molecule has 0 aliphatic rings. The van der Waals surface area contributed by atoms with Crippen molar-refractivity contribution in [1.29, 1.82) is 0 Å². The first-order valence-corrected chi connectivity index (χ1v) is 4.86. The Morgan fingerprint density at radius 1 is 1.56 bits per heavy atom. The molecule has 2 N–H and O–H groups in total. The molecule has 80 valence electrons. The number of carbonyl (C=O) groups excluding carboxylic acids is 1. The number of primary amides is 1. The second kappa shape index (κ2) is 4.07. The van der Waals surface area contributed by atoms with Gasteiger partial charge in [0.2, 0.25) is 5.91 Å². The van der Waals surface area contributed by atoms with Crippen LogP contribution in [-0.4, -0.2) is 15.7 Å². The molecule has 0 spiro atoms. The number of nitrogens with two attached hydrogens (primary N) is 1. The van der Waals surface area contributed by atoms with Crippen LogP contribution < -0.4 is 5.73 Å². The molecule has 2 aromatic rings. The van der Waals surface area contributed by atoms with E-state index in [4.69, 9.17) is 5.73 Å². The number of carbonyl (C=O) groups is 1. The third-order valence-corrected chi connectivity index (χ3v) is 2.24.